The van der Waals surface area contributed by atoms with Gasteiger partial charge in [-0.1, -0.05) is 6.07 Å². The van der Waals surface area contributed by atoms with Crippen LogP contribution < -0.4 is 5.32 Å². The molecule has 1 aliphatic rings. The molecule has 0 aromatic heterocycles. The molecular formula is C17H22BrNO4. The van der Waals surface area contributed by atoms with Gasteiger partial charge >= 0.3 is 12.1 Å². The fourth-order valence-electron chi connectivity index (χ4n) is 2.53. The van der Waals surface area contributed by atoms with Crippen molar-refractivity contribution in [3.63, 3.8) is 0 Å². The van der Waals surface area contributed by atoms with Gasteiger partial charge in [-0.25, -0.2) is 4.79 Å². The number of carboxylic acid groups (broad SMARTS) is 1. The van der Waals surface area contributed by atoms with Crippen molar-refractivity contribution in [2.24, 2.45) is 5.92 Å². The zero-order valence-electron chi connectivity index (χ0n) is 13.6. The van der Waals surface area contributed by atoms with E-state index in [1.165, 1.54) is 0 Å². The van der Waals surface area contributed by atoms with Gasteiger partial charge in [0.1, 0.15) is 5.60 Å². The van der Waals surface area contributed by atoms with Crippen LogP contribution in [-0.4, -0.2) is 22.8 Å². The average Bonchev–Trinajstić information content (AvgIpc) is 3.20. The maximum atomic E-state index is 11.9. The van der Waals surface area contributed by atoms with Crippen LogP contribution in [0, 0.1) is 5.92 Å². The van der Waals surface area contributed by atoms with Gasteiger partial charge in [-0.3, -0.25) is 10.1 Å². The summed E-state index contributed by atoms with van der Waals surface area (Å²) in [7, 11) is 0. The molecule has 1 amide bonds. The molecule has 1 fully saturated rings. The van der Waals surface area contributed by atoms with Crippen LogP contribution in [0.4, 0.5) is 10.5 Å². The van der Waals surface area contributed by atoms with E-state index in [4.69, 9.17) is 9.84 Å². The highest BCUT2D eigenvalue weighted by Crippen LogP contribution is 2.45. The Labute approximate surface area is 144 Å². The Morgan fingerprint density at radius 3 is 2.57 bits per heavy atom. The topological polar surface area (TPSA) is 75.6 Å². The summed E-state index contributed by atoms with van der Waals surface area (Å²) in [6.45, 7) is 5.40. The van der Waals surface area contributed by atoms with Crippen molar-refractivity contribution in [3.05, 3.63) is 28.2 Å². The van der Waals surface area contributed by atoms with Gasteiger partial charge < -0.3 is 9.84 Å². The third-order valence-electron chi connectivity index (χ3n) is 3.64. The van der Waals surface area contributed by atoms with E-state index in [-0.39, 0.29) is 12.3 Å². The van der Waals surface area contributed by atoms with Crippen molar-refractivity contribution < 1.29 is 19.4 Å². The summed E-state index contributed by atoms with van der Waals surface area (Å²) < 4.78 is 5.99. The molecule has 23 heavy (non-hydrogen) atoms. The first kappa shape index (κ1) is 17.8. The molecule has 6 heteroatoms. The molecule has 2 rings (SSSR count). The first-order valence-corrected chi connectivity index (χ1v) is 8.46. The first-order valence-electron chi connectivity index (χ1n) is 7.67. The largest absolute Gasteiger partial charge is 0.481 e. The molecule has 126 valence electrons. The maximum Gasteiger partial charge on any atom is 0.412 e. The number of aliphatic carboxylic acids is 1. The highest BCUT2D eigenvalue weighted by molar-refractivity contribution is 9.10. The van der Waals surface area contributed by atoms with E-state index in [0.717, 1.165) is 22.9 Å². The molecule has 1 aromatic rings. The Balaban J connectivity index is 2.17. The monoisotopic (exact) mass is 383 g/mol. The van der Waals surface area contributed by atoms with Crippen LogP contribution in [0.5, 0.6) is 0 Å². The van der Waals surface area contributed by atoms with Crippen molar-refractivity contribution in [3.8, 4) is 0 Å². The molecular weight excluding hydrogens is 362 g/mol. The molecule has 0 heterocycles. The predicted octanol–water partition coefficient (Wildman–Crippen LogP) is 4.76. The predicted molar refractivity (Wildman–Crippen MR) is 91.7 cm³/mol. The van der Waals surface area contributed by atoms with E-state index < -0.39 is 17.7 Å². The van der Waals surface area contributed by atoms with Crippen LogP contribution in [0.3, 0.4) is 0 Å². The number of halogens is 1. The molecule has 0 spiro atoms. The number of rotatable bonds is 5. The third-order valence-corrected chi connectivity index (χ3v) is 4.33. The molecule has 1 unspecified atom stereocenters. The Morgan fingerprint density at radius 2 is 2.04 bits per heavy atom. The van der Waals surface area contributed by atoms with Crippen LogP contribution in [0.15, 0.2) is 22.7 Å². The number of ether oxygens (including phenoxy) is 1. The standard InChI is InChI=1S/C17H22BrNO4/c1-17(2,3)23-16(22)19-14-8-11(6-7-13(14)18)12(9-15(20)21)10-4-5-10/h6-8,10,12H,4-5,9H2,1-3H3,(H,19,22)(H,20,21). The lowest BCUT2D eigenvalue weighted by Crippen LogP contribution is -2.27. The van der Waals surface area contributed by atoms with Gasteiger partial charge in [0.2, 0.25) is 0 Å². The Hall–Kier alpha value is -1.56. The van der Waals surface area contributed by atoms with E-state index in [1.54, 1.807) is 20.8 Å². The van der Waals surface area contributed by atoms with Crippen molar-refractivity contribution in [2.45, 2.75) is 51.6 Å². The van der Waals surface area contributed by atoms with Gasteiger partial charge in [-0.15, -0.1) is 0 Å². The minimum atomic E-state index is -0.800. The van der Waals surface area contributed by atoms with E-state index >= 15 is 0 Å². The number of hydrogen-bond acceptors (Lipinski definition) is 3. The number of carbonyl (C=O) groups excluding carboxylic acids is 1. The second-order valence-corrected chi connectivity index (χ2v) is 7.76. The molecule has 1 aliphatic carbocycles. The summed E-state index contributed by atoms with van der Waals surface area (Å²) >= 11 is 3.40. The second-order valence-electron chi connectivity index (χ2n) is 6.91. The Morgan fingerprint density at radius 1 is 1.39 bits per heavy atom. The highest BCUT2D eigenvalue weighted by Gasteiger charge is 2.34. The fourth-order valence-corrected chi connectivity index (χ4v) is 2.87. The first-order chi connectivity index (χ1) is 10.7. The van der Waals surface area contributed by atoms with Crippen molar-refractivity contribution in [1.82, 2.24) is 0 Å². The van der Waals surface area contributed by atoms with Gasteiger partial charge in [-0.2, -0.15) is 0 Å². The normalized spacial score (nSPS) is 15.8. The van der Waals surface area contributed by atoms with E-state index in [2.05, 4.69) is 21.2 Å². The molecule has 2 N–H and O–H groups in total. The summed E-state index contributed by atoms with van der Waals surface area (Å²) in [6, 6.07) is 5.58. The molecule has 0 radical (unpaired) electrons. The summed E-state index contributed by atoms with van der Waals surface area (Å²) in [5, 5.41) is 11.8. The van der Waals surface area contributed by atoms with E-state index in [0.29, 0.717) is 11.6 Å². The lowest BCUT2D eigenvalue weighted by molar-refractivity contribution is -0.137. The molecule has 0 aliphatic heterocycles. The van der Waals surface area contributed by atoms with Crippen LogP contribution >= 0.6 is 15.9 Å². The van der Waals surface area contributed by atoms with Crippen LogP contribution in [0.25, 0.3) is 0 Å². The maximum absolute atomic E-state index is 11.9. The minimum absolute atomic E-state index is 0.0141. The molecule has 0 saturated heterocycles. The van der Waals surface area contributed by atoms with E-state index in [9.17, 15) is 9.59 Å². The fraction of sp³-hybridized carbons (Fsp3) is 0.529. The molecule has 1 saturated carbocycles. The van der Waals surface area contributed by atoms with Crippen LogP contribution in [0.2, 0.25) is 0 Å². The summed E-state index contributed by atoms with van der Waals surface area (Å²) in [4.78, 5) is 23.0. The van der Waals surface area contributed by atoms with E-state index in [1.807, 2.05) is 18.2 Å². The zero-order chi connectivity index (χ0) is 17.2. The van der Waals surface area contributed by atoms with Crippen molar-refractivity contribution in [2.75, 3.05) is 5.32 Å². The summed E-state index contributed by atoms with van der Waals surface area (Å²) in [5.74, 6) is -0.395. The molecule has 1 atom stereocenters. The number of carboxylic acids is 1. The highest BCUT2D eigenvalue weighted by atomic mass is 79.9. The molecule has 1 aromatic carbocycles. The number of carbonyl (C=O) groups is 2. The number of benzene rings is 1. The number of amides is 1. The minimum Gasteiger partial charge on any atom is -0.481 e. The number of nitrogens with one attached hydrogen (secondary N) is 1. The Bertz CT molecular complexity index is 605. The van der Waals surface area contributed by atoms with Crippen molar-refractivity contribution in [1.29, 1.82) is 0 Å². The summed E-state index contributed by atoms with van der Waals surface area (Å²) in [5.41, 5.74) is 0.950. The average molecular weight is 384 g/mol. The summed E-state index contributed by atoms with van der Waals surface area (Å²) in [6.07, 6.45) is 1.70. The number of hydrogen-bond donors (Lipinski definition) is 2. The van der Waals surface area contributed by atoms with Crippen molar-refractivity contribution >= 4 is 33.7 Å². The quantitative estimate of drug-likeness (QED) is 0.767. The molecule has 5 nitrogen and oxygen atoms in total. The Kier molecular flexibility index (Phi) is 5.34. The third kappa shape index (κ3) is 5.53. The van der Waals surface area contributed by atoms with Gasteiger partial charge in [0.15, 0.2) is 0 Å². The van der Waals surface area contributed by atoms with Gasteiger partial charge in [0, 0.05) is 4.47 Å². The van der Waals surface area contributed by atoms with Crippen LogP contribution in [0.1, 0.15) is 51.5 Å². The zero-order valence-corrected chi connectivity index (χ0v) is 15.1. The second kappa shape index (κ2) is 6.91. The van der Waals surface area contributed by atoms with Gasteiger partial charge in [0.25, 0.3) is 0 Å². The SMILES string of the molecule is CC(C)(C)OC(=O)Nc1cc(C(CC(=O)O)C2CC2)ccc1Br. The smallest absolute Gasteiger partial charge is 0.412 e. The van der Waals surface area contributed by atoms with Gasteiger partial charge in [-0.05, 0) is 79.1 Å². The molecule has 0 bridgehead atoms. The lowest BCUT2D eigenvalue weighted by Gasteiger charge is -2.21. The lowest BCUT2D eigenvalue weighted by atomic mass is 9.91. The van der Waals surface area contributed by atoms with Crippen LogP contribution in [-0.2, 0) is 9.53 Å². The van der Waals surface area contributed by atoms with Gasteiger partial charge in [0.05, 0.1) is 12.1 Å². The number of anilines is 1.